The van der Waals surface area contributed by atoms with Crippen molar-refractivity contribution in [2.24, 2.45) is 0 Å². The van der Waals surface area contributed by atoms with Crippen LogP contribution in [0.1, 0.15) is 65.9 Å². The average Bonchev–Trinajstić information content (AvgIpc) is 1.86. The Hall–Kier alpha value is -12.9. The van der Waals surface area contributed by atoms with Crippen LogP contribution >= 0.6 is 23.2 Å². The Morgan fingerprint density at radius 1 is 0.414 bits per heavy atom. The minimum atomic E-state index is -0.620. The molecule has 2 N–H and O–H groups in total. The molecule has 0 atom stereocenters. The number of carbonyl (C=O) groups excluding carboxylic acids is 3. The highest BCUT2D eigenvalue weighted by atomic mass is 35.5. The van der Waals surface area contributed by atoms with Gasteiger partial charge in [0.2, 0.25) is 17.7 Å². The molecule has 0 fully saturated rings. The zero-order chi connectivity index (χ0) is 70.4. The number of benzene rings is 6. The van der Waals surface area contributed by atoms with Crippen molar-refractivity contribution in [1.82, 2.24) is 34.9 Å². The second-order valence-electron chi connectivity index (χ2n) is 21.3. The Morgan fingerprint density at radius 2 is 0.758 bits per heavy atom. The van der Waals surface area contributed by atoms with E-state index in [4.69, 9.17) is 42.2 Å². The molecule has 23 nitrogen and oxygen atoms in total. The summed E-state index contributed by atoms with van der Waals surface area (Å²) in [5, 5.41) is 31.2. The number of carbonyl (C=O) groups is 3. The lowest BCUT2D eigenvalue weighted by atomic mass is 10.0. The fraction of sp³-hybridized carbons (Fsp3) is 0.0811. The minimum Gasteiger partial charge on any atom is -0.441 e. The van der Waals surface area contributed by atoms with Gasteiger partial charge in [0, 0.05) is 155 Å². The number of anilines is 1. The molecule has 0 aliphatic carbocycles. The second kappa shape index (κ2) is 34.0. The van der Waals surface area contributed by atoms with Crippen LogP contribution in [0.2, 0.25) is 5.02 Å². The van der Waals surface area contributed by atoms with E-state index >= 15 is 0 Å². The first kappa shape index (κ1) is 70.5. The summed E-state index contributed by atoms with van der Waals surface area (Å²) in [6, 6.07) is 54.2. The van der Waals surface area contributed by atoms with Gasteiger partial charge in [0.05, 0.1) is 19.8 Å². The van der Waals surface area contributed by atoms with Crippen molar-refractivity contribution in [3.05, 3.63) is 324 Å². The van der Waals surface area contributed by atoms with E-state index in [9.17, 15) is 44.7 Å². The molecule has 0 spiro atoms. The number of nitrogen functional groups attached to an aromatic ring is 1. The molecule has 13 rings (SSSR count). The minimum absolute atomic E-state index is 0.00863. The van der Waals surface area contributed by atoms with E-state index in [1.54, 1.807) is 73.8 Å². The molecule has 0 aliphatic heterocycles. The summed E-state index contributed by atoms with van der Waals surface area (Å²) in [7, 11) is 0. The van der Waals surface area contributed by atoms with Gasteiger partial charge in [-0.25, -0.2) is 15.0 Å². The summed E-state index contributed by atoms with van der Waals surface area (Å²) in [5.74, 6) is 3.79. The summed E-state index contributed by atoms with van der Waals surface area (Å²) < 4.78 is 17.2. The van der Waals surface area contributed by atoms with Crippen LogP contribution in [0.25, 0.3) is 68.1 Å². The largest absolute Gasteiger partial charge is 0.441 e. The van der Waals surface area contributed by atoms with Gasteiger partial charge in [-0.3, -0.25) is 64.7 Å². The number of ketones is 2. The van der Waals surface area contributed by atoms with E-state index in [1.807, 2.05) is 130 Å². The van der Waals surface area contributed by atoms with Gasteiger partial charge in [0.25, 0.3) is 22.3 Å². The number of rotatable bonds is 17. The van der Waals surface area contributed by atoms with Gasteiger partial charge in [0.15, 0.2) is 11.6 Å². The van der Waals surface area contributed by atoms with Gasteiger partial charge in [-0.15, -0.1) is 0 Å². The van der Waals surface area contributed by atoms with Crippen LogP contribution in [0, 0.1) is 51.1 Å². The van der Waals surface area contributed by atoms with E-state index in [-0.39, 0.29) is 40.6 Å². The lowest BCUT2D eigenvalue weighted by Crippen LogP contribution is -2.04. The SMILES string of the molecule is Cc1oc(-c2ccc(CC(=O)c3ccccc3Cl)cc2)nc1-c1ccncc1.Cc1oc(-c2ccc(N)cc2)nc1-c1ccncc1.Cc1oc(-c2ccc([N+](=O)[O-])cc2)nc1-c1ccncc1.O=C(CCc1ccncc1)c1ccc([N+](=O)[O-])cc1.O=C(Cl)c1ccc([N+](=O)[O-])cc1. The fourth-order valence-corrected chi connectivity index (χ4v) is 9.78. The van der Waals surface area contributed by atoms with Crippen molar-refractivity contribution in [3.8, 4) is 68.1 Å². The molecule has 25 heteroatoms. The number of nitrogens with two attached hydrogens (primary N) is 1. The number of nitro groups is 3. The van der Waals surface area contributed by atoms with Crippen molar-refractivity contribution in [3.63, 3.8) is 0 Å². The topological polar surface area (TPSA) is 336 Å². The predicted molar refractivity (Wildman–Crippen MR) is 374 cm³/mol. The molecule has 494 valence electrons. The van der Waals surface area contributed by atoms with Gasteiger partial charge in [-0.2, -0.15) is 0 Å². The number of Topliss-reactive ketones (excluding diaryl/α,β-unsaturated/α-hetero) is 2. The van der Waals surface area contributed by atoms with Crippen LogP contribution in [-0.4, -0.2) is 66.5 Å². The molecule has 6 aromatic carbocycles. The number of non-ortho nitro benzene ring substituents is 3. The maximum atomic E-state index is 12.5. The van der Waals surface area contributed by atoms with Crippen LogP contribution in [-0.2, 0) is 12.8 Å². The summed E-state index contributed by atoms with van der Waals surface area (Å²) >= 11 is 11.2. The third-order valence-corrected chi connectivity index (χ3v) is 15.1. The van der Waals surface area contributed by atoms with E-state index in [0.717, 1.165) is 73.2 Å². The van der Waals surface area contributed by atoms with Gasteiger partial charge in [-0.05, 0) is 183 Å². The Bertz CT molecular complexity index is 4860. The lowest BCUT2D eigenvalue weighted by molar-refractivity contribution is -0.385. The first-order valence-electron chi connectivity index (χ1n) is 30.0. The van der Waals surface area contributed by atoms with E-state index in [1.165, 1.54) is 60.7 Å². The normalized spacial score (nSPS) is 10.4. The number of nitro benzene ring substituents is 3. The molecule has 0 saturated carbocycles. The molecule has 0 radical (unpaired) electrons. The smallest absolute Gasteiger partial charge is 0.269 e. The number of aryl methyl sites for hydroxylation is 4. The highest BCUT2D eigenvalue weighted by molar-refractivity contribution is 6.67. The van der Waals surface area contributed by atoms with Crippen LogP contribution in [0.3, 0.4) is 0 Å². The molecule has 7 aromatic heterocycles. The lowest BCUT2D eigenvalue weighted by Gasteiger charge is -2.04. The van der Waals surface area contributed by atoms with Crippen molar-refractivity contribution >= 4 is 62.8 Å². The van der Waals surface area contributed by atoms with Crippen LogP contribution in [0.15, 0.2) is 257 Å². The van der Waals surface area contributed by atoms with Crippen LogP contribution in [0.5, 0.6) is 0 Å². The third kappa shape index (κ3) is 19.6. The number of pyridine rings is 4. The first-order valence-corrected chi connectivity index (χ1v) is 30.8. The molecule has 0 bridgehead atoms. The van der Waals surface area contributed by atoms with E-state index in [2.05, 4.69) is 34.9 Å². The van der Waals surface area contributed by atoms with Gasteiger partial charge in [-0.1, -0.05) is 35.9 Å². The number of aromatic nitrogens is 7. The molecule has 0 saturated heterocycles. The Morgan fingerprint density at radius 3 is 1.13 bits per heavy atom. The summed E-state index contributed by atoms with van der Waals surface area (Å²) in [6.45, 7) is 5.63. The Balaban J connectivity index is 0.000000148. The molecule has 7 heterocycles. The van der Waals surface area contributed by atoms with Gasteiger partial charge >= 0.3 is 0 Å². The van der Waals surface area contributed by atoms with Crippen molar-refractivity contribution < 1.29 is 42.4 Å². The molecule has 0 amide bonds. The zero-order valence-electron chi connectivity index (χ0n) is 52.9. The highest BCUT2D eigenvalue weighted by Crippen LogP contribution is 2.32. The van der Waals surface area contributed by atoms with Crippen molar-refractivity contribution in [2.45, 2.75) is 40.0 Å². The number of hydrogen-bond acceptors (Lipinski definition) is 20. The third-order valence-electron chi connectivity index (χ3n) is 14.6. The highest BCUT2D eigenvalue weighted by Gasteiger charge is 2.18. The molecule has 13 aromatic rings. The van der Waals surface area contributed by atoms with Crippen LogP contribution in [0.4, 0.5) is 22.7 Å². The Kier molecular flexibility index (Phi) is 24.2. The number of halogens is 2. The number of hydrogen-bond donors (Lipinski definition) is 1. The van der Waals surface area contributed by atoms with E-state index < -0.39 is 20.0 Å². The second-order valence-corrected chi connectivity index (χ2v) is 22.1. The van der Waals surface area contributed by atoms with Crippen LogP contribution < -0.4 is 5.73 Å². The summed E-state index contributed by atoms with van der Waals surface area (Å²) in [4.78, 5) is 94.3. The van der Waals surface area contributed by atoms with Gasteiger partial charge < -0.3 is 19.0 Å². The Labute approximate surface area is 575 Å². The number of oxazole rings is 3. The quantitative estimate of drug-likeness (QED) is 0.0291. The van der Waals surface area contributed by atoms with Gasteiger partial charge in [0.1, 0.15) is 34.4 Å². The van der Waals surface area contributed by atoms with Crippen molar-refractivity contribution in [1.29, 1.82) is 0 Å². The molecule has 0 aliphatic rings. The standard InChI is InChI=1S/C23H17ClN2O2.C15H11N3O3.C15H13N3O.C14H12N2O3.C7H4ClNO3/c1-15-22(17-10-12-25-13-11-17)26-23(28-15)18-8-6-16(7-9-18)14-21(27)19-4-2-3-5-20(19)24;1-10-14(11-6-8-16-9-7-11)17-15(21-10)12-2-4-13(5-3-12)18(19)20;1-10-14(11-6-8-17-9-7-11)18-15(19-10)12-2-4-13(16)5-3-12;17-14(6-1-11-7-9-15-10-8-11)12-2-4-13(5-3-12)16(18)19;8-7(10)5-1-3-6(4-2-5)9(11)12/h2-13H,14H2,1H3;2-9H,1H3;2-9H,16H2,1H3;2-5,7-10H,1,6H2;1-4H. The maximum Gasteiger partial charge on any atom is 0.269 e. The number of nitrogens with zero attached hydrogens (tertiary/aromatic N) is 10. The predicted octanol–water partition coefficient (Wildman–Crippen LogP) is 17.5. The molecule has 99 heavy (non-hydrogen) atoms. The molecule has 0 unspecified atom stereocenters. The summed E-state index contributed by atoms with van der Waals surface area (Å²) in [6.07, 6.45) is 15.0. The first-order chi connectivity index (χ1) is 47.8. The molecular formula is C74H57Cl2N11O12. The monoisotopic (exact) mass is 1360 g/mol. The van der Waals surface area contributed by atoms with Crippen molar-refractivity contribution in [2.75, 3.05) is 5.73 Å². The molecular weight excluding hydrogens is 1310 g/mol. The van der Waals surface area contributed by atoms with E-state index in [0.29, 0.717) is 58.0 Å². The average molecular weight is 1360 g/mol. The summed E-state index contributed by atoms with van der Waals surface area (Å²) in [5.41, 5.74) is 17.3. The zero-order valence-corrected chi connectivity index (χ0v) is 54.4. The maximum absolute atomic E-state index is 12.5. The fourth-order valence-electron chi connectivity index (χ4n) is 9.41.